The van der Waals surface area contributed by atoms with Crippen molar-refractivity contribution in [1.29, 1.82) is 0 Å². The topological polar surface area (TPSA) is 78.9 Å². The highest BCUT2D eigenvalue weighted by molar-refractivity contribution is 5.71. The summed E-state index contributed by atoms with van der Waals surface area (Å²) in [6.07, 6.45) is 77.2. The number of hydrogen-bond donors (Lipinski definition) is 0. The second-order valence-corrected chi connectivity index (χ2v) is 24.2. The van der Waals surface area contributed by atoms with Crippen molar-refractivity contribution in [3.8, 4) is 0 Å². The van der Waals surface area contributed by atoms with E-state index in [4.69, 9.17) is 14.2 Å². The lowest BCUT2D eigenvalue weighted by Crippen LogP contribution is -2.30. The lowest BCUT2D eigenvalue weighted by atomic mass is 10.0. The number of rotatable bonds is 66. The van der Waals surface area contributed by atoms with Crippen LogP contribution in [0.2, 0.25) is 0 Å². The Morgan fingerprint density at radius 2 is 0.355 bits per heavy atom. The Balaban J connectivity index is 4.10. The number of esters is 3. The van der Waals surface area contributed by atoms with Crippen molar-refractivity contribution >= 4 is 17.9 Å². The van der Waals surface area contributed by atoms with Crippen molar-refractivity contribution in [3.63, 3.8) is 0 Å². The summed E-state index contributed by atoms with van der Waals surface area (Å²) in [5, 5.41) is 0. The molecule has 0 fully saturated rings. The molecular formula is C70H136O6. The third-order valence-corrected chi connectivity index (χ3v) is 16.4. The van der Waals surface area contributed by atoms with Gasteiger partial charge in [-0.2, -0.15) is 0 Å². The normalized spacial score (nSPS) is 11.9. The summed E-state index contributed by atoms with van der Waals surface area (Å²) in [5.41, 5.74) is 0. The van der Waals surface area contributed by atoms with Crippen molar-refractivity contribution in [1.82, 2.24) is 0 Å². The molecule has 0 amide bonds. The summed E-state index contributed by atoms with van der Waals surface area (Å²) in [5.74, 6) is -0.825. The van der Waals surface area contributed by atoms with Crippen LogP contribution in [0, 0.1) is 0 Å². The van der Waals surface area contributed by atoms with E-state index < -0.39 is 6.10 Å². The van der Waals surface area contributed by atoms with E-state index in [2.05, 4.69) is 20.8 Å². The zero-order chi connectivity index (χ0) is 55.0. The van der Waals surface area contributed by atoms with Gasteiger partial charge in [-0.25, -0.2) is 0 Å². The van der Waals surface area contributed by atoms with Crippen LogP contribution in [0.1, 0.15) is 412 Å². The lowest BCUT2D eigenvalue weighted by Gasteiger charge is -2.18. The second-order valence-electron chi connectivity index (χ2n) is 24.2. The molecule has 452 valence electrons. The summed E-state index contributed by atoms with van der Waals surface area (Å²) in [6, 6.07) is 0. The minimum atomic E-state index is -0.762. The molecule has 0 aliphatic rings. The molecule has 1 atom stereocenters. The Hall–Kier alpha value is -1.59. The van der Waals surface area contributed by atoms with Crippen molar-refractivity contribution < 1.29 is 28.6 Å². The van der Waals surface area contributed by atoms with Gasteiger partial charge in [0, 0.05) is 19.3 Å². The SMILES string of the molecule is CCCCCCCCCCCCCCCCCCCCCCCCCCCCCC(=O)OCC(COC(=O)CCCCCCCCCCCC)OC(=O)CCCCCCCCCCCCCCCCCCCCCCC. The van der Waals surface area contributed by atoms with Crippen LogP contribution in [0.15, 0.2) is 0 Å². The fourth-order valence-corrected chi connectivity index (χ4v) is 11.1. The average molecular weight is 1070 g/mol. The number of hydrogen-bond acceptors (Lipinski definition) is 6. The van der Waals surface area contributed by atoms with Gasteiger partial charge in [0.15, 0.2) is 6.10 Å². The maximum absolute atomic E-state index is 12.9. The minimum Gasteiger partial charge on any atom is -0.462 e. The zero-order valence-electron chi connectivity index (χ0n) is 52.1. The van der Waals surface area contributed by atoms with Gasteiger partial charge in [-0.1, -0.05) is 374 Å². The van der Waals surface area contributed by atoms with E-state index >= 15 is 0 Å². The first kappa shape index (κ1) is 74.4. The predicted molar refractivity (Wildman–Crippen MR) is 330 cm³/mol. The first-order valence-corrected chi connectivity index (χ1v) is 35.0. The summed E-state index contributed by atoms with van der Waals surface area (Å²) >= 11 is 0. The fourth-order valence-electron chi connectivity index (χ4n) is 11.1. The third kappa shape index (κ3) is 63.2. The van der Waals surface area contributed by atoms with Crippen LogP contribution in [0.4, 0.5) is 0 Å². The highest BCUT2D eigenvalue weighted by Crippen LogP contribution is 2.19. The minimum absolute atomic E-state index is 0.0606. The van der Waals surface area contributed by atoms with Gasteiger partial charge >= 0.3 is 17.9 Å². The Kier molecular flexibility index (Phi) is 64.5. The van der Waals surface area contributed by atoms with Crippen LogP contribution in [-0.2, 0) is 28.6 Å². The molecule has 0 bridgehead atoms. The molecule has 0 N–H and O–H groups in total. The molecule has 0 aromatic carbocycles. The van der Waals surface area contributed by atoms with Gasteiger partial charge in [0.2, 0.25) is 0 Å². The molecule has 0 saturated heterocycles. The Bertz CT molecular complexity index is 1140. The molecule has 0 radical (unpaired) electrons. The van der Waals surface area contributed by atoms with Gasteiger partial charge < -0.3 is 14.2 Å². The van der Waals surface area contributed by atoms with Gasteiger partial charge in [-0.05, 0) is 19.3 Å². The van der Waals surface area contributed by atoms with E-state index in [9.17, 15) is 14.4 Å². The number of ether oxygens (including phenoxy) is 3. The molecule has 0 heterocycles. The molecule has 6 nitrogen and oxygen atoms in total. The summed E-state index contributed by atoms with van der Waals surface area (Å²) in [7, 11) is 0. The van der Waals surface area contributed by atoms with Gasteiger partial charge in [-0.3, -0.25) is 14.4 Å². The first-order chi connectivity index (χ1) is 37.5. The molecule has 0 aliphatic carbocycles. The van der Waals surface area contributed by atoms with E-state index in [1.165, 1.54) is 315 Å². The van der Waals surface area contributed by atoms with E-state index in [-0.39, 0.29) is 31.1 Å². The molecule has 0 saturated carbocycles. The second kappa shape index (κ2) is 65.9. The Morgan fingerprint density at radius 3 is 0.526 bits per heavy atom. The maximum atomic E-state index is 12.9. The Labute approximate surface area is 476 Å². The van der Waals surface area contributed by atoms with E-state index in [1.54, 1.807) is 0 Å². The smallest absolute Gasteiger partial charge is 0.306 e. The van der Waals surface area contributed by atoms with Crippen molar-refractivity contribution in [2.24, 2.45) is 0 Å². The molecule has 1 unspecified atom stereocenters. The highest BCUT2D eigenvalue weighted by atomic mass is 16.6. The number of unbranched alkanes of at least 4 members (excludes halogenated alkanes) is 55. The van der Waals surface area contributed by atoms with E-state index in [0.29, 0.717) is 19.3 Å². The number of carbonyl (C=O) groups excluding carboxylic acids is 3. The number of carbonyl (C=O) groups is 3. The molecule has 76 heavy (non-hydrogen) atoms. The van der Waals surface area contributed by atoms with Crippen molar-refractivity contribution in [2.45, 2.75) is 419 Å². The molecular weight excluding hydrogens is 937 g/mol. The van der Waals surface area contributed by atoms with Gasteiger partial charge in [0.05, 0.1) is 0 Å². The monoisotopic (exact) mass is 1070 g/mol. The Morgan fingerprint density at radius 1 is 0.211 bits per heavy atom. The summed E-state index contributed by atoms with van der Waals surface area (Å²) in [6.45, 7) is 6.72. The van der Waals surface area contributed by atoms with Crippen LogP contribution in [0.25, 0.3) is 0 Å². The van der Waals surface area contributed by atoms with E-state index in [1.807, 2.05) is 0 Å². The third-order valence-electron chi connectivity index (χ3n) is 16.4. The highest BCUT2D eigenvalue weighted by Gasteiger charge is 2.19. The predicted octanol–water partition coefficient (Wildman–Crippen LogP) is 23.8. The van der Waals surface area contributed by atoms with Crippen molar-refractivity contribution in [2.75, 3.05) is 13.2 Å². The van der Waals surface area contributed by atoms with E-state index in [0.717, 1.165) is 57.8 Å². The fraction of sp³-hybridized carbons (Fsp3) is 0.957. The summed E-state index contributed by atoms with van der Waals surface area (Å²) in [4.78, 5) is 38.3. The molecule has 0 aromatic rings. The van der Waals surface area contributed by atoms with Gasteiger partial charge in [0.25, 0.3) is 0 Å². The molecule has 0 rings (SSSR count). The van der Waals surface area contributed by atoms with Crippen LogP contribution < -0.4 is 0 Å². The van der Waals surface area contributed by atoms with Crippen LogP contribution in [0.5, 0.6) is 0 Å². The maximum Gasteiger partial charge on any atom is 0.306 e. The van der Waals surface area contributed by atoms with Crippen LogP contribution >= 0.6 is 0 Å². The lowest BCUT2D eigenvalue weighted by molar-refractivity contribution is -0.167. The molecule has 0 aromatic heterocycles. The molecule has 6 heteroatoms. The van der Waals surface area contributed by atoms with Gasteiger partial charge in [-0.15, -0.1) is 0 Å². The first-order valence-electron chi connectivity index (χ1n) is 35.0. The largest absolute Gasteiger partial charge is 0.462 e. The molecule has 0 spiro atoms. The van der Waals surface area contributed by atoms with Crippen LogP contribution in [0.3, 0.4) is 0 Å². The van der Waals surface area contributed by atoms with Crippen molar-refractivity contribution in [3.05, 3.63) is 0 Å². The standard InChI is InChI=1S/C70H136O6/c1-4-7-10-13-16-19-22-24-26-28-30-32-33-34-35-36-37-39-40-42-44-46-48-51-54-57-60-63-69(72)75-66-67(65-74-68(71)62-59-56-53-50-21-18-15-12-9-6-3)76-70(73)64-61-58-55-52-49-47-45-43-41-38-31-29-27-25-23-20-17-14-11-8-5-2/h67H,4-66H2,1-3H3. The van der Waals surface area contributed by atoms with Crippen LogP contribution in [-0.4, -0.2) is 37.2 Å². The average Bonchev–Trinajstić information content (AvgIpc) is 3.42. The molecule has 0 aliphatic heterocycles. The quantitative estimate of drug-likeness (QED) is 0.0343. The van der Waals surface area contributed by atoms with Gasteiger partial charge in [0.1, 0.15) is 13.2 Å². The zero-order valence-corrected chi connectivity index (χ0v) is 52.1. The summed E-state index contributed by atoms with van der Waals surface area (Å²) < 4.78 is 17.0.